The number of rotatable bonds is 6. The van der Waals surface area contributed by atoms with Gasteiger partial charge in [-0.1, -0.05) is 13.8 Å². The minimum Gasteiger partial charge on any atom is -0.385 e. The number of methoxy groups -OCH3 is 1. The minimum atomic E-state index is 0.378. The molecule has 2 unspecified atom stereocenters. The molecule has 2 aliphatic rings. The number of nitrogens with zero attached hydrogens (tertiary/aromatic N) is 1. The summed E-state index contributed by atoms with van der Waals surface area (Å²) in [5.74, 6) is 0. The number of hydrogen-bond donors (Lipinski definition) is 1. The maximum Gasteiger partial charge on any atom is 0.0467 e. The summed E-state index contributed by atoms with van der Waals surface area (Å²) in [6, 6.07) is 2.40. The van der Waals surface area contributed by atoms with Gasteiger partial charge in [0.2, 0.25) is 0 Å². The van der Waals surface area contributed by atoms with Crippen LogP contribution in [0.3, 0.4) is 0 Å². The summed E-state index contributed by atoms with van der Waals surface area (Å²) in [6.07, 6.45) is 6.65. The lowest BCUT2D eigenvalue weighted by atomic mass is 9.86. The third kappa shape index (κ3) is 3.25. The first-order chi connectivity index (χ1) is 8.55. The Hall–Kier alpha value is -0.120. The zero-order valence-corrected chi connectivity index (χ0v) is 12.5. The van der Waals surface area contributed by atoms with E-state index in [9.17, 15) is 0 Å². The first kappa shape index (κ1) is 14.3. The standard InChI is InChI=1S/C15H30N2O/c1-15(2,7-8-18-4)11-17-13-5-6-14(17)10-12(9-13)16-3/h12-14,16H,5-11H2,1-4H3. The van der Waals surface area contributed by atoms with E-state index in [4.69, 9.17) is 4.74 Å². The molecule has 2 saturated heterocycles. The minimum absolute atomic E-state index is 0.378. The van der Waals surface area contributed by atoms with Gasteiger partial charge in [-0.2, -0.15) is 0 Å². The lowest BCUT2D eigenvalue weighted by Gasteiger charge is -2.43. The fraction of sp³-hybridized carbons (Fsp3) is 1.00. The summed E-state index contributed by atoms with van der Waals surface area (Å²) in [5.41, 5.74) is 0.378. The van der Waals surface area contributed by atoms with Gasteiger partial charge in [-0.25, -0.2) is 0 Å². The Morgan fingerprint density at radius 3 is 2.33 bits per heavy atom. The van der Waals surface area contributed by atoms with E-state index in [-0.39, 0.29) is 0 Å². The van der Waals surface area contributed by atoms with E-state index >= 15 is 0 Å². The molecule has 0 saturated carbocycles. The van der Waals surface area contributed by atoms with Crippen LogP contribution in [0.5, 0.6) is 0 Å². The topological polar surface area (TPSA) is 24.5 Å². The molecular weight excluding hydrogens is 224 g/mol. The molecule has 0 aromatic carbocycles. The normalized spacial score (nSPS) is 33.0. The third-order valence-electron chi connectivity index (χ3n) is 4.89. The van der Waals surface area contributed by atoms with E-state index < -0.39 is 0 Å². The van der Waals surface area contributed by atoms with Crippen molar-refractivity contribution in [2.75, 3.05) is 27.3 Å². The van der Waals surface area contributed by atoms with Crippen LogP contribution < -0.4 is 5.32 Å². The van der Waals surface area contributed by atoms with Crippen LogP contribution in [0.15, 0.2) is 0 Å². The van der Waals surface area contributed by atoms with Gasteiger partial charge in [0.15, 0.2) is 0 Å². The molecule has 106 valence electrons. The van der Waals surface area contributed by atoms with E-state index in [0.717, 1.165) is 31.2 Å². The van der Waals surface area contributed by atoms with Gasteiger partial charge in [-0.15, -0.1) is 0 Å². The first-order valence-electron chi connectivity index (χ1n) is 7.47. The Balaban J connectivity index is 1.90. The van der Waals surface area contributed by atoms with Gasteiger partial charge >= 0.3 is 0 Å². The van der Waals surface area contributed by atoms with Gasteiger partial charge < -0.3 is 10.1 Å². The smallest absolute Gasteiger partial charge is 0.0467 e. The molecule has 0 amide bonds. The Labute approximate surface area is 112 Å². The molecule has 3 nitrogen and oxygen atoms in total. The fourth-order valence-corrected chi connectivity index (χ4v) is 3.72. The molecule has 2 atom stereocenters. The van der Waals surface area contributed by atoms with E-state index in [1.54, 1.807) is 7.11 Å². The number of ether oxygens (including phenoxy) is 1. The Morgan fingerprint density at radius 2 is 1.83 bits per heavy atom. The quantitative estimate of drug-likeness (QED) is 0.787. The van der Waals surface area contributed by atoms with Crippen LogP contribution in [-0.4, -0.2) is 50.3 Å². The van der Waals surface area contributed by atoms with Gasteiger partial charge in [-0.05, 0) is 44.6 Å². The molecule has 2 rings (SSSR count). The molecule has 0 aromatic rings. The predicted octanol–water partition coefficient (Wildman–Crippen LogP) is 2.26. The second kappa shape index (κ2) is 5.89. The second-order valence-electron chi connectivity index (χ2n) is 6.92. The lowest BCUT2D eigenvalue weighted by Crippen LogP contribution is -2.51. The number of hydrogen-bond acceptors (Lipinski definition) is 3. The van der Waals surface area contributed by atoms with Crippen LogP contribution in [-0.2, 0) is 4.74 Å². The highest BCUT2D eigenvalue weighted by atomic mass is 16.5. The van der Waals surface area contributed by atoms with Crippen LogP contribution in [0.2, 0.25) is 0 Å². The molecule has 18 heavy (non-hydrogen) atoms. The average molecular weight is 254 g/mol. The molecule has 3 heteroatoms. The van der Waals surface area contributed by atoms with Crippen molar-refractivity contribution in [1.29, 1.82) is 0 Å². The van der Waals surface area contributed by atoms with Crippen molar-refractivity contribution in [3.8, 4) is 0 Å². The molecule has 0 aromatic heterocycles. The van der Waals surface area contributed by atoms with Crippen molar-refractivity contribution in [3.63, 3.8) is 0 Å². The highest BCUT2D eigenvalue weighted by Crippen LogP contribution is 2.38. The Bertz CT molecular complexity index is 253. The predicted molar refractivity (Wildman–Crippen MR) is 75.9 cm³/mol. The molecular formula is C15H30N2O. The van der Waals surface area contributed by atoms with E-state index in [2.05, 4.69) is 31.1 Å². The van der Waals surface area contributed by atoms with E-state index in [1.165, 1.54) is 32.2 Å². The third-order valence-corrected chi connectivity index (χ3v) is 4.89. The molecule has 0 spiro atoms. The molecule has 0 aliphatic carbocycles. The van der Waals surface area contributed by atoms with Gasteiger partial charge in [0.1, 0.15) is 0 Å². The maximum atomic E-state index is 5.24. The average Bonchev–Trinajstić information content (AvgIpc) is 2.58. The molecule has 2 aliphatic heterocycles. The number of nitrogens with one attached hydrogen (secondary N) is 1. The summed E-state index contributed by atoms with van der Waals surface area (Å²) < 4.78 is 5.24. The van der Waals surface area contributed by atoms with Crippen molar-refractivity contribution >= 4 is 0 Å². The summed E-state index contributed by atoms with van der Waals surface area (Å²) in [7, 11) is 3.92. The second-order valence-corrected chi connectivity index (χ2v) is 6.92. The molecule has 2 heterocycles. The van der Waals surface area contributed by atoms with Crippen LogP contribution in [0.25, 0.3) is 0 Å². The van der Waals surface area contributed by atoms with Gasteiger partial charge in [-0.3, -0.25) is 4.90 Å². The number of piperidine rings is 1. The van der Waals surface area contributed by atoms with E-state index in [1.807, 2.05) is 0 Å². The summed E-state index contributed by atoms with van der Waals surface area (Å²) in [5, 5.41) is 3.48. The van der Waals surface area contributed by atoms with E-state index in [0.29, 0.717) is 5.41 Å². The van der Waals surface area contributed by atoms with Crippen molar-refractivity contribution in [1.82, 2.24) is 10.2 Å². The molecule has 1 N–H and O–H groups in total. The Morgan fingerprint density at radius 1 is 1.22 bits per heavy atom. The van der Waals surface area contributed by atoms with Crippen molar-refractivity contribution in [2.24, 2.45) is 5.41 Å². The highest BCUT2D eigenvalue weighted by molar-refractivity contribution is 4.98. The maximum absolute atomic E-state index is 5.24. The fourth-order valence-electron chi connectivity index (χ4n) is 3.72. The lowest BCUT2D eigenvalue weighted by molar-refractivity contribution is 0.0580. The zero-order valence-electron chi connectivity index (χ0n) is 12.5. The summed E-state index contributed by atoms with van der Waals surface area (Å²) >= 11 is 0. The van der Waals surface area contributed by atoms with Crippen LogP contribution in [0.4, 0.5) is 0 Å². The van der Waals surface area contributed by atoms with Gasteiger partial charge in [0, 0.05) is 38.4 Å². The van der Waals surface area contributed by atoms with Crippen LogP contribution in [0.1, 0.15) is 46.0 Å². The van der Waals surface area contributed by atoms with Gasteiger partial charge in [0.25, 0.3) is 0 Å². The Kier molecular flexibility index (Phi) is 4.68. The molecule has 2 bridgehead atoms. The summed E-state index contributed by atoms with van der Waals surface area (Å²) in [4.78, 5) is 2.80. The monoisotopic (exact) mass is 254 g/mol. The summed E-state index contributed by atoms with van der Waals surface area (Å²) in [6.45, 7) is 6.89. The van der Waals surface area contributed by atoms with Crippen LogP contribution >= 0.6 is 0 Å². The van der Waals surface area contributed by atoms with Crippen molar-refractivity contribution in [3.05, 3.63) is 0 Å². The first-order valence-corrected chi connectivity index (χ1v) is 7.47. The largest absolute Gasteiger partial charge is 0.385 e. The number of fused-ring (bicyclic) bond motifs is 2. The molecule has 2 fully saturated rings. The zero-order chi connectivity index (χ0) is 13.2. The van der Waals surface area contributed by atoms with Gasteiger partial charge in [0.05, 0.1) is 0 Å². The molecule has 0 radical (unpaired) electrons. The van der Waals surface area contributed by atoms with Crippen LogP contribution in [0, 0.1) is 5.41 Å². The highest BCUT2D eigenvalue weighted by Gasteiger charge is 2.41. The van der Waals surface area contributed by atoms with Crippen molar-refractivity contribution < 1.29 is 4.74 Å². The van der Waals surface area contributed by atoms with Crippen molar-refractivity contribution in [2.45, 2.75) is 64.1 Å². The SMILES string of the molecule is CNC1CC2CCC(C1)N2CC(C)(C)CCOC.